The zero-order valence-corrected chi connectivity index (χ0v) is 21.9. The fraction of sp³-hybridized carbons (Fsp3) is 0.786. The molecule has 0 unspecified atom stereocenters. The van der Waals surface area contributed by atoms with Gasteiger partial charge in [-0.3, -0.25) is 19.2 Å². The van der Waals surface area contributed by atoms with Crippen LogP contribution in [0.1, 0.15) is 79.6 Å². The van der Waals surface area contributed by atoms with Gasteiger partial charge in [-0.25, -0.2) is 0 Å². The van der Waals surface area contributed by atoms with Crippen LogP contribution < -0.4 is 0 Å². The van der Waals surface area contributed by atoms with Gasteiger partial charge in [-0.15, -0.1) is 0 Å². The van der Waals surface area contributed by atoms with E-state index in [9.17, 15) is 29.4 Å². The minimum atomic E-state index is -1.07. The van der Waals surface area contributed by atoms with Crippen LogP contribution in [-0.2, 0) is 23.9 Å². The molecule has 2 N–H and O–H groups in total. The molecular weight excluding hydrogens is 448 g/mol. The van der Waals surface area contributed by atoms with Gasteiger partial charge in [0.15, 0.2) is 11.6 Å². The van der Waals surface area contributed by atoms with Gasteiger partial charge in [0.2, 0.25) is 0 Å². The number of allylic oxidation sites excluding steroid dienone is 2. The topological polar surface area (TPSA) is 118 Å². The van der Waals surface area contributed by atoms with Crippen LogP contribution in [0.15, 0.2) is 11.1 Å². The van der Waals surface area contributed by atoms with Gasteiger partial charge in [0.25, 0.3) is 0 Å². The molecular formula is C28H40O7. The summed E-state index contributed by atoms with van der Waals surface area (Å²) in [7, 11) is 1.35. The van der Waals surface area contributed by atoms with Crippen molar-refractivity contribution in [1.82, 2.24) is 0 Å². The van der Waals surface area contributed by atoms with E-state index in [0.29, 0.717) is 30.4 Å². The van der Waals surface area contributed by atoms with Crippen molar-refractivity contribution in [1.29, 1.82) is 0 Å². The summed E-state index contributed by atoms with van der Waals surface area (Å²) in [6, 6.07) is 0. The number of Topliss-reactive ketones (excluding diaryl/α,β-unsaturated/α-hetero) is 3. The lowest BCUT2D eigenvalue weighted by atomic mass is 9.42. The lowest BCUT2D eigenvalue weighted by Gasteiger charge is -2.60. The number of carbonyl (C=O) groups is 4. The quantitative estimate of drug-likeness (QED) is 0.571. The van der Waals surface area contributed by atoms with Crippen LogP contribution in [0.25, 0.3) is 0 Å². The lowest BCUT2D eigenvalue weighted by Crippen LogP contribution is -2.61. The normalized spacial score (nSPS) is 44.0. The highest BCUT2D eigenvalue weighted by molar-refractivity contribution is 6.16. The summed E-state index contributed by atoms with van der Waals surface area (Å²) in [6.07, 6.45) is 1.57. The van der Waals surface area contributed by atoms with E-state index in [1.54, 1.807) is 6.92 Å². The Balaban J connectivity index is 1.82. The Morgan fingerprint density at radius 3 is 2.34 bits per heavy atom. The van der Waals surface area contributed by atoms with Crippen molar-refractivity contribution in [2.75, 3.05) is 13.7 Å². The molecule has 4 rings (SSSR count). The number of hydrogen-bond donors (Lipinski definition) is 2. The molecule has 0 saturated heterocycles. The molecule has 4 aliphatic carbocycles. The van der Waals surface area contributed by atoms with Crippen molar-refractivity contribution >= 4 is 23.3 Å². The molecule has 0 amide bonds. The van der Waals surface area contributed by atoms with Crippen molar-refractivity contribution < 1.29 is 34.1 Å². The number of rotatable bonds is 5. The first kappa shape index (κ1) is 26.2. The van der Waals surface area contributed by atoms with Crippen molar-refractivity contribution in [3.8, 4) is 0 Å². The predicted molar refractivity (Wildman–Crippen MR) is 128 cm³/mol. The molecule has 0 aromatic carbocycles. The summed E-state index contributed by atoms with van der Waals surface area (Å²) < 4.78 is 4.79. The van der Waals surface area contributed by atoms with Gasteiger partial charge in [-0.05, 0) is 49.4 Å². The molecule has 0 radical (unpaired) electrons. The summed E-state index contributed by atoms with van der Waals surface area (Å²) in [6.45, 7) is 9.36. The smallest absolute Gasteiger partial charge is 0.305 e. The van der Waals surface area contributed by atoms with E-state index in [0.717, 1.165) is 0 Å². The number of esters is 1. The summed E-state index contributed by atoms with van der Waals surface area (Å²) in [5.74, 6) is -1.09. The number of ketones is 3. The molecule has 7 heteroatoms. The van der Waals surface area contributed by atoms with Crippen LogP contribution in [0.3, 0.4) is 0 Å². The predicted octanol–water partition coefficient (Wildman–Crippen LogP) is 3.20. The highest BCUT2D eigenvalue weighted by Crippen LogP contribution is 2.70. The van der Waals surface area contributed by atoms with Crippen molar-refractivity contribution in [3.63, 3.8) is 0 Å². The minimum Gasteiger partial charge on any atom is -0.469 e. The first-order valence-corrected chi connectivity index (χ1v) is 12.9. The van der Waals surface area contributed by atoms with Crippen LogP contribution in [0.4, 0.5) is 0 Å². The van der Waals surface area contributed by atoms with Gasteiger partial charge < -0.3 is 14.9 Å². The molecule has 8 atom stereocenters. The monoisotopic (exact) mass is 488 g/mol. The number of fused-ring (bicyclic) bond motifs is 4. The maximum Gasteiger partial charge on any atom is 0.305 e. The van der Waals surface area contributed by atoms with Gasteiger partial charge in [-0.2, -0.15) is 0 Å². The second-order valence-electron chi connectivity index (χ2n) is 12.5. The molecule has 194 valence electrons. The Kier molecular flexibility index (Phi) is 6.24. The number of aliphatic hydroxyl groups excluding tert-OH is 2. The first-order valence-electron chi connectivity index (χ1n) is 12.9. The van der Waals surface area contributed by atoms with Gasteiger partial charge in [0.05, 0.1) is 25.2 Å². The number of carbonyl (C=O) groups excluding carboxylic acids is 4. The number of aliphatic hydroxyl groups is 2. The SMILES string of the molecule is COC(=O)CC[C@@H](C)[C@H]1CC(=O)[C@@]2(C)C3=C(C(=O)C[C@]12C)[C@@]1(C)CC[C@H](O)[C@@](C)(CO)[C@@H]1CC3=O. The van der Waals surface area contributed by atoms with E-state index in [1.165, 1.54) is 7.11 Å². The van der Waals surface area contributed by atoms with E-state index in [2.05, 4.69) is 0 Å². The molecule has 0 aromatic heterocycles. The third kappa shape index (κ3) is 3.29. The second-order valence-corrected chi connectivity index (χ2v) is 12.5. The highest BCUT2D eigenvalue weighted by Gasteiger charge is 2.70. The zero-order chi connectivity index (χ0) is 26.1. The summed E-state index contributed by atoms with van der Waals surface area (Å²) in [5.41, 5.74) is -2.51. The molecule has 0 heterocycles. The molecule has 2 saturated carbocycles. The van der Waals surface area contributed by atoms with Gasteiger partial charge in [-0.1, -0.05) is 27.7 Å². The van der Waals surface area contributed by atoms with Gasteiger partial charge in [0, 0.05) is 47.7 Å². The van der Waals surface area contributed by atoms with Crippen LogP contribution in [0.5, 0.6) is 0 Å². The Labute approximate surface area is 207 Å². The minimum absolute atomic E-state index is 0.00404. The average Bonchev–Trinajstić information content (AvgIpc) is 3.02. The Morgan fingerprint density at radius 2 is 1.74 bits per heavy atom. The van der Waals surface area contributed by atoms with Crippen molar-refractivity contribution in [2.45, 2.75) is 85.7 Å². The van der Waals surface area contributed by atoms with Crippen LogP contribution in [-0.4, -0.2) is 53.4 Å². The van der Waals surface area contributed by atoms with Gasteiger partial charge >= 0.3 is 5.97 Å². The van der Waals surface area contributed by atoms with Gasteiger partial charge in [0.1, 0.15) is 5.78 Å². The van der Waals surface area contributed by atoms with Crippen LogP contribution in [0.2, 0.25) is 0 Å². The van der Waals surface area contributed by atoms with Crippen LogP contribution in [0, 0.1) is 39.4 Å². The lowest BCUT2D eigenvalue weighted by molar-refractivity contribution is -0.152. The zero-order valence-electron chi connectivity index (χ0n) is 21.9. The molecule has 4 aliphatic rings. The van der Waals surface area contributed by atoms with Crippen molar-refractivity contribution in [3.05, 3.63) is 11.1 Å². The summed E-state index contributed by atoms with van der Waals surface area (Å²) in [5, 5.41) is 21.0. The summed E-state index contributed by atoms with van der Waals surface area (Å²) in [4.78, 5) is 53.4. The van der Waals surface area contributed by atoms with Crippen LogP contribution >= 0.6 is 0 Å². The average molecular weight is 489 g/mol. The molecule has 0 spiro atoms. The fourth-order valence-corrected chi connectivity index (χ4v) is 8.52. The van der Waals surface area contributed by atoms with E-state index in [4.69, 9.17) is 4.74 Å². The number of ether oxygens (including phenoxy) is 1. The Bertz CT molecular complexity index is 1010. The van der Waals surface area contributed by atoms with E-state index in [1.807, 2.05) is 27.7 Å². The second kappa shape index (κ2) is 8.34. The Hall–Kier alpha value is -1.86. The molecule has 2 fully saturated rings. The molecule has 0 bridgehead atoms. The highest BCUT2D eigenvalue weighted by atomic mass is 16.5. The summed E-state index contributed by atoms with van der Waals surface area (Å²) >= 11 is 0. The molecule has 35 heavy (non-hydrogen) atoms. The Morgan fingerprint density at radius 1 is 1.09 bits per heavy atom. The first-order chi connectivity index (χ1) is 16.2. The largest absolute Gasteiger partial charge is 0.469 e. The molecule has 0 aromatic rings. The fourth-order valence-electron chi connectivity index (χ4n) is 8.52. The maximum atomic E-state index is 14.0. The van der Waals surface area contributed by atoms with Crippen molar-refractivity contribution in [2.24, 2.45) is 39.4 Å². The number of methoxy groups -OCH3 is 1. The third-order valence-electron chi connectivity index (χ3n) is 11.0. The molecule has 7 nitrogen and oxygen atoms in total. The van der Waals surface area contributed by atoms with E-state index < -0.39 is 27.8 Å². The van der Waals surface area contributed by atoms with E-state index >= 15 is 0 Å². The standard InChI is InChI=1S/C28H40O7/c1-15(7-8-22(34)35-6)16-11-21(33)28(5)24-17(30)12-19-25(2,10-9-20(32)26(19,3)14-29)23(24)18(31)13-27(16,28)4/h15-16,19-20,29,32H,7-14H2,1-6H3/t15-,16-,19-,20+,25+,26+,27-,28+/m1/s1. The maximum absolute atomic E-state index is 14.0. The number of hydrogen-bond acceptors (Lipinski definition) is 7. The third-order valence-corrected chi connectivity index (χ3v) is 11.0. The molecule has 0 aliphatic heterocycles. The van der Waals surface area contributed by atoms with E-state index in [-0.39, 0.29) is 73.4 Å².